The van der Waals surface area contributed by atoms with Gasteiger partial charge in [-0.15, -0.1) is 0 Å². The lowest BCUT2D eigenvalue weighted by molar-refractivity contribution is 0.231. The largest absolute Gasteiger partial charge is 0.428 e. The fourth-order valence-electron chi connectivity index (χ4n) is 2.03. The normalized spacial score (nSPS) is 22.1. The van der Waals surface area contributed by atoms with Gasteiger partial charge in [0.15, 0.2) is 6.39 Å². The highest BCUT2D eigenvalue weighted by atomic mass is 16.4. The van der Waals surface area contributed by atoms with E-state index in [1.165, 1.54) is 32.1 Å². The van der Waals surface area contributed by atoms with Gasteiger partial charge in [0.05, 0.1) is 6.20 Å². The molecule has 2 rings (SSSR count). The minimum Gasteiger partial charge on any atom is -0.428 e. The number of anilines is 1. The van der Waals surface area contributed by atoms with Gasteiger partial charge in [-0.25, -0.2) is 4.98 Å². The molecule has 0 spiro atoms. The molecule has 0 aliphatic heterocycles. The average molecular weight is 194 g/mol. The van der Waals surface area contributed by atoms with E-state index in [1.54, 1.807) is 6.20 Å². The second-order valence-electron chi connectivity index (χ2n) is 4.95. The number of nitrogens with one attached hydrogen (secondary N) is 1. The standard InChI is InChI=1S/C11H18N2O/c1-11(2)5-3-9(4-6-11)13-10-7-12-8-14-10/h7-9,13H,3-6H2,1-2H3. The Balaban J connectivity index is 1.85. The molecule has 14 heavy (non-hydrogen) atoms. The number of oxazole rings is 1. The Morgan fingerprint density at radius 2 is 2.14 bits per heavy atom. The van der Waals surface area contributed by atoms with Gasteiger partial charge in [0.25, 0.3) is 0 Å². The van der Waals surface area contributed by atoms with Crippen LogP contribution in [0.4, 0.5) is 5.88 Å². The lowest BCUT2D eigenvalue weighted by Crippen LogP contribution is -2.29. The van der Waals surface area contributed by atoms with Gasteiger partial charge in [0.2, 0.25) is 5.88 Å². The maximum atomic E-state index is 5.17. The summed E-state index contributed by atoms with van der Waals surface area (Å²) in [6.07, 6.45) is 8.24. The van der Waals surface area contributed by atoms with Crippen molar-refractivity contribution in [3.63, 3.8) is 0 Å². The summed E-state index contributed by atoms with van der Waals surface area (Å²) < 4.78 is 5.17. The summed E-state index contributed by atoms with van der Waals surface area (Å²) in [6.45, 7) is 4.69. The van der Waals surface area contributed by atoms with Crippen molar-refractivity contribution in [2.75, 3.05) is 5.32 Å². The molecular formula is C11H18N2O. The predicted molar refractivity (Wildman–Crippen MR) is 56.2 cm³/mol. The van der Waals surface area contributed by atoms with Gasteiger partial charge in [-0.1, -0.05) is 13.8 Å². The van der Waals surface area contributed by atoms with Crippen LogP contribution in [0.5, 0.6) is 0 Å². The summed E-state index contributed by atoms with van der Waals surface area (Å²) in [4.78, 5) is 3.89. The fourth-order valence-corrected chi connectivity index (χ4v) is 2.03. The molecule has 0 radical (unpaired) electrons. The summed E-state index contributed by atoms with van der Waals surface area (Å²) in [6, 6.07) is 0.566. The Kier molecular flexibility index (Phi) is 2.48. The first-order valence-electron chi connectivity index (χ1n) is 5.31. The van der Waals surface area contributed by atoms with Gasteiger partial charge in [0.1, 0.15) is 0 Å². The van der Waals surface area contributed by atoms with Crippen molar-refractivity contribution in [2.45, 2.75) is 45.6 Å². The lowest BCUT2D eigenvalue weighted by atomic mass is 9.75. The van der Waals surface area contributed by atoms with E-state index in [0.29, 0.717) is 11.5 Å². The van der Waals surface area contributed by atoms with Crippen LogP contribution in [0.25, 0.3) is 0 Å². The number of aromatic nitrogens is 1. The maximum Gasteiger partial charge on any atom is 0.213 e. The van der Waals surface area contributed by atoms with Crippen LogP contribution in [-0.2, 0) is 0 Å². The van der Waals surface area contributed by atoms with Crippen LogP contribution in [0, 0.1) is 5.41 Å². The van der Waals surface area contributed by atoms with Crippen molar-refractivity contribution in [1.29, 1.82) is 0 Å². The zero-order valence-electron chi connectivity index (χ0n) is 8.92. The molecule has 1 saturated carbocycles. The van der Waals surface area contributed by atoms with Crippen LogP contribution in [0.3, 0.4) is 0 Å². The lowest BCUT2D eigenvalue weighted by Gasteiger charge is -2.34. The number of nitrogens with zero attached hydrogens (tertiary/aromatic N) is 1. The third-order valence-corrected chi connectivity index (χ3v) is 3.12. The van der Waals surface area contributed by atoms with Crippen molar-refractivity contribution in [1.82, 2.24) is 4.98 Å². The molecule has 0 aromatic carbocycles. The van der Waals surface area contributed by atoms with E-state index in [4.69, 9.17) is 4.42 Å². The van der Waals surface area contributed by atoms with Crippen molar-refractivity contribution < 1.29 is 4.42 Å². The van der Waals surface area contributed by atoms with Gasteiger partial charge >= 0.3 is 0 Å². The smallest absolute Gasteiger partial charge is 0.213 e. The quantitative estimate of drug-likeness (QED) is 0.786. The van der Waals surface area contributed by atoms with Gasteiger partial charge in [-0.3, -0.25) is 0 Å². The maximum absolute atomic E-state index is 5.17. The van der Waals surface area contributed by atoms with Gasteiger partial charge in [-0.05, 0) is 31.1 Å². The summed E-state index contributed by atoms with van der Waals surface area (Å²) in [5.41, 5.74) is 0.527. The molecule has 0 amide bonds. The number of hydrogen-bond donors (Lipinski definition) is 1. The van der Waals surface area contributed by atoms with Crippen LogP contribution in [-0.4, -0.2) is 11.0 Å². The van der Waals surface area contributed by atoms with Crippen LogP contribution in [0.1, 0.15) is 39.5 Å². The molecule has 78 valence electrons. The van der Waals surface area contributed by atoms with Crippen LogP contribution < -0.4 is 5.32 Å². The molecule has 1 aliphatic carbocycles. The molecule has 1 aliphatic rings. The van der Waals surface area contributed by atoms with E-state index < -0.39 is 0 Å². The summed E-state index contributed by atoms with van der Waals surface area (Å²) >= 11 is 0. The zero-order chi connectivity index (χ0) is 10.0. The van der Waals surface area contributed by atoms with Crippen molar-refractivity contribution >= 4 is 5.88 Å². The first-order valence-corrected chi connectivity index (χ1v) is 5.31. The molecule has 0 saturated heterocycles. The highest BCUT2D eigenvalue weighted by Gasteiger charge is 2.26. The number of hydrogen-bond acceptors (Lipinski definition) is 3. The minimum atomic E-state index is 0.527. The van der Waals surface area contributed by atoms with E-state index in [0.717, 1.165) is 5.88 Å². The molecule has 1 heterocycles. The highest BCUT2D eigenvalue weighted by molar-refractivity contribution is 5.27. The van der Waals surface area contributed by atoms with Crippen LogP contribution >= 0.6 is 0 Å². The Bertz CT molecular complexity index is 269. The zero-order valence-corrected chi connectivity index (χ0v) is 8.92. The second kappa shape index (κ2) is 3.64. The molecule has 3 nitrogen and oxygen atoms in total. The van der Waals surface area contributed by atoms with Crippen LogP contribution in [0.2, 0.25) is 0 Å². The Morgan fingerprint density at radius 1 is 1.43 bits per heavy atom. The van der Waals surface area contributed by atoms with E-state index in [9.17, 15) is 0 Å². The first-order chi connectivity index (χ1) is 6.66. The second-order valence-corrected chi connectivity index (χ2v) is 4.95. The van der Waals surface area contributed by atoms with E-state index >= 15 is 0 Å². The molecule has 0 bridgehead atoms. The number of rotatable bonds is 2. The van der Waals surface area contributed by atoms with Crippen molar-refractivity contribution in [3.8, 4) is 0 Å². The average Bonchev–Trinajstić information content (AvgIpc) is 2.61. The SMILES string of the molecule is CC1(C)CCC(Nc2cnco2)CC1. The molecule has 1 aromatic heterocycles. The molecule has 3 heteroatoms. The molecule has 0 unspecified atom stereocenters. The summed E-state index contributed by atoms with van der Waals surface area (Å²) in [7, 11) is 0. The molecule has 1 fully saturated rings. The third-order valence-electron chi connectivity index (χ3n) is 3.12. The van der Waals surface area contributed by atoms with E-state index in [2.05, 4.69) is 24.1 Å². The topological polar surface area (TPSA) is 38.1 Å². The highest BCUT2D eigenvalue weighted by Crippen LogP contribution is 2.35. The molecule has 1 N–H and O–H groups in total. The van der Waals surface area contributed by atoms with Crippen molar-refractivity contribution in [3.05, 3.63) is 12.6 Å². The van der Waals surface area contributed by atoms with Gasteiger partial charge in [-0.2, -0.15) is 0 Å². The minimum absolute atomic E-state index is 0.527. The van der Waals surface area contributed by atoms with Crippen molar-refractivity contribution in [2.24, 2.45) is 5.41 Å². The Hall–Kier alpha value is -0.990. The Morgan fingerprint density at radius 3 is 2.71 bits per heavy atom. The summed E-state index contributed by atoms with van der Waals surface area (Å²) in [5, 5.41) is 3.37. The van der Waals surface area contributed by atoms with Gasteiger partial charge < -0.3 is 9.73 Å². The Labute approximate surface area is 84.9 Å². The third kappa shape index (κ3) is 2.28. The molecular weight excluding hydrogens is 176 g/mol. The van der Waals surface area contributed by atoms with E-state index in [1.807, 2.05) is 0 Å². The van der Waals surface area contributed by atoms with Crippen LogP contribution in [0.15, 0.2) is 17.0 Å². The summed E-state index contributed by atoms with van der Waals surface area (Å²) in [5.74, 6) is 0.801. The van der Waals surface area contributed by atoms with Gasteiger partial charge in [0, 0.05) is 6.04 Å². The molecule has 1 aromatic rings. The monoisotopic (exact) mass is 194 g/mol. The first kappa shape index (κ1) is 9.56. The predicted octanol–water partition coefficient (Wildman–Crippen LogP) is 3.06. The molecule has 0 atom stereocenters. The fraction of sp³-hybridized carbons (Fsp3) is 0.727. The van der Waals surface area contributed by atoms with E-state index in [-0.39, 0.29) is 0 Å².